The number of halogens is 2. The standard InChI is InChI=1S/C14H13F2NO/c1-9-7-11(6-5-10(9)8-17)18-14-12(15)3-2-4-13(14)16/h2-7H,8,17H2,1H3. The van der Waals surface area contributed by atoms with Crippen molar-refractivity contribution in [2.24, 2.45) is 5.73 Å². The van der Waals surface area contributed by atoms with Crippen LogP contribution in [0.25, 0.3) is 0 Å². The molecule has 0 saturated heterocycles. The Hall–Kier alpha value is -1.94. The topological polar surface area (TPSA) is 35.2 Å². The van der Waals surface area contributed by atoms with Crippen LogP contribution >= 0.6 is 0 Å². The highest BCUT2D eigenvalue weighted by molar-refractivity contribution is 5.38. The van der Waals surface area contributed by atoms with Gasteiger partial charge in [0.15, 0.2) is 17.4 Å². The fraction of sp³-hybridized carbons (Fsp3) is 0.143. The summed E-state index contributed by atoms with van der Waals surface area (Å²) in [7, 11) is 0. The number of hydrogen-bond acceptors (Lipinski definition) is 2. The van der Waals surface area contributed by atoms with Crippen LogP contribution in [-0.4, -0.2) is 0 Å². The zero-order valence-corrected chi connectivity index (χ0v) is 9.91. The predicted octanol–water partition coefficient (Wildman–Crippen LogP) is 3.52. The highest BCUT2D eigenvalue weighted by Gasteiger charge is 2.11. The molecule has 2 nitrogen and oxygen atoms in total. The molecule has 0 aliphatic carbocycles. The van der Waals surface area contributed by atoms with Gasteiger partial charge in [-0.2, -0.15) is 0 Å². The maximum atomic E-state index is 13.4. The predicted molar refractivity (Wildman–Crippen MR) is 65.5 cm³/mol. The van der Waals surface area contributed by atoms with Gasteiger partial charge >= 0.3 is 0 Å². The maximum Gasteiger partial charge on any atom is 0.198 e. The van der Waals surface area contributed by atoms with E-state index in [1.807, 2.05) is 6.92 Å². The lowest BCUT2D eigenvalue weighted by molar-refractivity contribution is 0.407. The van der Waals surface area contributed by atoms with Crippen molar-refractivity contribution in [1.29, 1.82) is 0 Å². The van der Waals surface area contributed by atoms with Gasteiger partial charge in [-0.3, -0.25) is 0 Å². The number of aryl methyl sites for hydroxylation is 1. The molecule has 0 bridgehead atoms. The van der Waals surface area contributed by atoms with Gasteiger partial charge < -0.3 is 10.5 Å². The second-order valence-corrected chi connectivity index (χ2v) is 3.95. The summed E-state index contributed by atoms with van der Waals surface area (Å²) in [5, 5.41) is 0. The molecule has 0 fully saturated rings. The molecule has 0 unspecified atom stereocenters. The van der Waals surface area contributed by atoms with E-state index < -0.39 is 17.4 Å². The van der Waals surface area contributed by atoms with Gasteiger partial charge in [0.25, 0.3) is 0 Å². The number of benzene rings is 2. The van der Waals surface area contributed by atoms with E-state index >= 15 is 0 Å². The molecule has 18 heavy (non-hydrogen) atoms. The Morgan fingerprint density at radius 1 is 1.11 bits per heavy atom. The fourth-order valence-electron chi connectivity index (χ4n) is 1.66. The van der Waals surface area contributed by atoms with Crippen LogP contribution in [0.2, 0.25) is 0 Å². The van der Waals surface area contributed by atoms with Crippen LogP contribution in [-0.2, 0) is 6.54 Å². The first-order valence-electron chi connectivity index (χ1n) is 5.53. The van der Waals surface area contributed by atoms with Crippen molar-refractivity contribution in [3.63, 3.8) is 0 Å². The van der Waals surface area contributed by atoms with Crippen LogP contribution in [0.3, 0.4) is 0 Å². The van der Waals surface area contributed by atoms with Gasteiger partial charge in [0.05, 0.1) is 0 Å². The molecular weight excluding hydrogens is 236 g/mol. The third-order valence-electron chi connectivity index (χ3n) is 2.67. The molecule has 0 atom stereocenters. The molecule has 0 aromatic heterocycles. The molecule has 0 aliphatic rings. The first kappa shape index (κ1) is 12.5. The molecule has 4 heteroatoms. The van der Waals surface area contributed by atoms with Crippen LogP contribution in [0, 0.1) is 18.6 Å². The van der Waals surface area contributed by atoms with E-state index in [9.17, 15) is 8.78 Å². The minimum absolute atomic E-state index is 0.383. The molecule has 0 aliphatic heterocycles. The molecule has 94 valence electrons. The minimum Gasteiger partial charge on any atom is -0.451 e. The van der Waals surface area contributed by atoms with E-state index in [2.05, 4.69) is 0 Å². The summed E-state index contributed by atoms with van der Waals surface area (Å²) < 4.78 is 32.0. The second kappa shape index (κ2) is 5.14. The Balaban J connectivity index is 2.32. The smallest absolute Gasteiger partial charge is 0.198 e. The number of ether oxygens (including phenoxy) is 1. The van der Waals surface area contributed by atoms with Gasteiger partial charge in [-0.15, -0.1) is 0 Å². The summed E-state index contributed by atoms with van der Waals surface area (Å²) in [5.41, 5.74) is 7.43. The maximum absolute atomic E-state index is 13.4. The number of rotatable bonds is 3. The van der Waals surface area contributed by atoms with Crippen molar-refractivity contribution in [3.8, 4) is 11.5 Å². The van der Waals surface area contributed by atoms with Crippen LogP contribution in [0.4, 0.5) is 8.78 Å². The zero-order chi connectivity index (χ0) is 13.1. The molecule has 0 radical (unpaired) electrons. The molecule has 2 aromatic carbocycles. The van der Waals surface area contributed by atoms with E-state index in [0.29, 0.717) is 12.3 Å². The third kappa shape index (κ3) is 2.49. The number of nitrogens with two attached hydrogens (primary N) is 1. The Kier molecular flexibility index (Phi) is 3.58. The Labute approximate surface area is 104 Å². The molecule has 0 spiro atoms. The zero-order valence-electron chi connectivity index (χ0n) is 9.91. The van der Waals surface area contributed by atoms with Crippen LogP contribution < -0.4 is 10.5 Å². The van der Waals surface area contributed by atoms with Crippen LogP contribution in [0.5, 0.6) is 11.5 Å². The molecule has 0 amide bonds. The normalized spacial score (nSPS) is 10.4. The van der Waals surface area contributed by atoms with Crippen molar-refractivity contribution in [1.82, 2.24) is 0 Å². The Morgan fingerprint density at radius 3 is 2.33 bits per heavy atom. The fourth-order valence-corrected chi connectivity index (χ4v) is 1.66. The SMILES string of the molecule is Cc1cc(Oc2c(F)cccc2F)ccc1CN. The van der Waals surface area contributed by atoms with Crippen molar-refractivity contribution >= 4 is 0 Å². The van der Waals surface area contributed by atoms with Crippen LogP contribution in [0.1, 0.15) is 11.1 Å². The number of para-hydroxylation sites is 1. The molecule has 0 saturated carbocycles. The van der Waals surface area contributed by atoms with Gasteiger partial charge in [-0.25, -0.2) is 8.78 Å². The molecule has 2 rings (SSSR count). The second-order valence-electron chi connectivity index (χ2n) is 3.95. The van der Waals surface area contributed by atoms with E-state index in [0.717, 1.165) is 23.3 Å². The monoisotopic (exact) mass is 249 g/mol. The number of hydrogen-bond donors (Lipinski definition) is 1. The minimum atomic E-state index is -0.726. The van der Waals surface area contributed by atoms with E-state index in [1.54, 1.807) is 18.2 Å². The van der Waals surface area contributed by atoms with Gasteiger partial charge in [-0.1, -0.05) is 12.1 Å². The van der Waals surface area contributed by atoms with Gasteiger partial charge in [0.2, 0.25) is 0 Å². The molecule has 2 N–H and O–H groups in total. The molecule has 0 heterocycles. The molecular formula is C14H13F2NO. The van der Waals surface area contributed by atoms with Gasteiger partial charge in [0.1, 0.15) is 5.75 Å². The van der Waals surface area contributed by atoms with Crippen LogP contribution in [0.15, 0.2) is 36.4 Å². The van der Waals surface area contributed by atoms with Crippen molar-refractivity contribution in [2.75, 3.05) is 0 Å². The lowest BCUT2D eigenvalue weighted by Gasteiger charge is -2.10. The first-order chi connectivity index (χ1) is 8.61. The summed E-state index contributed by atoms with van der Waals surface area (Å²) in [5.74, 6) is -1.46. The summed E-state index contributed by atoms with van der Waals surface area (Å²) >= 11 is 0. The summed E-state index contributed by atoms with van der Waals surface area (Å²) in [6.45, 7) is 2.28. The van der Waals surface area contributed by atoms with Gasteiger partial charge in [0, 0.05) is 6.54 Å². The van der Waals surface area contributed by atoms with E-state index in [1.165, 1.54) is 6.07 Å². The average molecular weight is 249 g/mol. The lowest BCUT2D eigenvalue weighted by Crippen LogP contribution is -1.99. The highest BCUT2D eigenvalue weighted by atomic mass is 19.1. The Bertz CT molecular complexity index is 549. The Morgan fingerprint density at radius 2 is 1.78 bits per heavy atom. The summed E-state index contributed by atoms with van der Waals surface area (Å²) in [6.07, 6.45) is 0. The summed E-state index contributed by atoms with van der Waals surface area (Å²) in [4.78, 5) is 0. The first-order valence-corrected chi connectivity index (χ1v) is 5.53. The van der Waals surface area contributed by atoms with E-state index in [-0.39, 0.29) is 0 Å². The molecule has 2 aromatic rings. The van der Waals surface area contributed by atoms with E-state index in [4.69, 9.17) is 10.5 Å². The van der Waals surface area contributed by atoms with Crippen molar-refractivity contribution < 1.29 is 13.5 Å². The third-order valence-corrected chi connectivity index (χ3v) is 2.67. The van der Waals surface area contributed by atoms with Gasteiger partial charge in [-0.05, 0) is 42.3 Å². The average Bonchev–Trinajstić information content (AvgIpc) is 2.34. The summed E-state index contributed by atoms with van der Waals surface area (Å²) in [6, 6.07) is 8.72. The highest BCUT2D eigenvalue weighted by Crippen LogP contribution is 2.28. The van der Waals surface area contributed by atoms with Crippen molar-refractivity contribution in [3.05, 3.63) is 59.2 Å². The largest absolute Gasteiger partial charge is 0.451 e. The van der Waals surface area contributed by atoms with Crippen molar-refractivity contribution in [2.45, 2.75) is 13.5 Å². The quantitative estimate of drug-likeness (QED) is 0.903. The lowest BCUT2D eigenvalue weighted by atomic mass is 10.1.